The second-order valence-electron chi connectivity index (χ2n) is 7.32. The molecule has 152 valence electrons. The number of phenolic OH excluding ortho intramolecular Hbond substituents is 1. The maximum atomic E-state index is 12.5. The van der Waals surface area contributed by atoms with Crippen LogP contribution < -0.4 is 5.32 Å². The summed E-state index contributed by atoms with van der Waals surface area (Å²) >= 11 is 6.09. The molecular formula is C20H27ClN4O3. The number of hydrogen-bond acceptors (Lipinski definition) is 5. The van der Waals surface area contributed by atoms with E-state index in [9.17, 15) is 14.7 Å². The average molecular weight is 407 g/mol. The summed E-state index contributed by atoms with van der Waals surface area (Å²) in [6, 6.07) is 3.56. The van der Waals surface area contributed by atoms with E-state index in [1.807, 2.05) is 16.7 Å². The summed E-state index contributed by atoms with van der Waals surface area (Å²) < 4.78 is 0. The van der Waals surface area contributed by atoms with Gasteiger partial charge in [-0.1, -0.05) is 18.2 Å². The maximum Gasteiger partial charge on any atom is 0.246 e. The van der Waals surface area contributed by atoms with Crippen LogP contribution >= 0.6 is 11.6 Å². The lowest BCUT2D eigenvalue weighted by molar-refractivity contribution is -0.131. The number of carbonyl (C=O) groups excluding carboxylic acids is 2. The molecule has 2 saturated heterocycles. The van der Waals surface area contributed by atoms with Gasteiger partial charge in [0.2, 0.25) is 11.8 Å². The molecule has 28 heavy (non-hydrogen) atoms. The smallest absolute Gasteiger partial charge is 0.246 e. The number of carbonyl (C=O) groups is 2. The van der Waals surface area contributed by atoms with Crippen molar-refractivity contribution in [1.82, 2.24) is 14.7 Å². The quantitative estimate of drug-likeness (QED) is 0.575. The predicted octanol–water partition coefficient (Wildman–Crippen LogP) is 1.70. The number of anilines is 1. The number of phenols is 1. The highest BCUT2D eigenvalue weighted by molar-refractivity contribution is 6.31. The van der Waals surface area contributed by atoms with E-state index in [4.69, 9.17) is 11.6 Å². The molecule has 0 spiro atoms. The van der Waals surface area contributed by atoms with Gasteiger partial charge in [0.25, 0.3) is 0 Å². The Labute approximate surface area is 170 Å². The SMILES string of the molecule is C=CC(=O)N1CCC(N2CCN(C(=O)CNc3cc(Cl)c(C)cc3O)CC2)C1. The molecular weight excluding hydrogens is 380 g/mol. The highest BCUT2D eigenvalue weighted by atomic mass is 35.5. The van der Waals surface area contributed by atoms with Crippen LogP contribution in [0.2, 0.25) is 5.02 Å². The second-order valence-corrected chi connectivity index (χ2v) is 7.73. The third-order valence-corrected chi connectivity index (χ3v) is 5.95. The summed E-state index contributed by atoms with van der Waals surface area (Å²) in [7, 11) is 0. The van der Waals surface area contributed by atoms with Crippen molar-refractivity contribution in [3.05, 3.63) is 35.4 Å². The lowest BCUT2D eigenvalue weighted by Gasteiger charge is -2.38. The molecule has 3 rings (SSSR count). The highest BCUT2D eigenvalue weighted by Gasteiger charge is 2.32. The molecule has 0 aliphatic carbocycles. The molecule has 1 atom stereocenters. The zero-order chi connectivity index (χ0) is 20.3. The van der Waals surface area contributed by atoms with Gasteiger partial charge in [0.1, 0.15) is 5.75 Å². The third-order valence-electron chi connectivity index (χ3n) is 5.54. The summed E-state index contributed by atoms with van der Waals surface area (Å²) in [6.07, 6.45) is 2.33. The van der Waals surface area contributed by atoms with Gasteiger partial charge in [-0.3, -0.25) is 14.5 Å². The minimum Gasteiger partial charge on any atom is -0.506 e. The number of piperazine rings is 1. The van der Waals surface area contributed by atoms with Gasteiger partial charge in [-0.15, -0.1) is 0 Å². The zero-order valence-corrected chi connectivity index (χ0v) is 16.9. The van der Waals surface area contributed by atoms with Crippen LogP contribution in [-0.2, 0) is 9.59 Å². The first-order valence-corrected chi connectivity index (χ1v) is 9.93. The Kier molecular flexibility index (Phi) is 6.46. The molecule has 2 aliphatic rings. The molecule has 0 aromatic heterocycles. The molecule has 2 heterocycles. The maximum absolute atomic E-state index is 12.5. The van der Waals surface area contributed by atoms with Crippen molar-refractivity contribution < 1.29 is 14.7 Å². The Hall–Kier alpha value is -2.25. The number of rotatable bonds is 5. The van der Waals surface area contributed by atoms with Crippen LogP contribution in [0.15, 0.2) is 24.8 Å². The third kappa shape index (κ3) is 4.59. The van der Waals surface area contributed by atoms with Crippen LogP contribution in [0.1, 0.15) is 12.0 Å². The van der Waals surface area contributed by atoms with E-state index in [-0.39, 0.29) is 24.1 Å². The van der Waals surface area contributed by atoms with Crippen molar-refractivity contribution in [2.45, 2.75) is 19.4 Å². The number of amides is 2. The van der Waals surface area contributed by atoms with Gasteiger partial charge in [0.05, 0.1) is 12.2 Å². The van der Waals surface area contributed by atoms with Gasteiger partial charge in [0.15, 0.2) is 0 Å². The van der Waals surface area contributed by atoms with Gasteiger partial charge in [0, 0.05) is 50.3 Å². The standard InChI is InChI=1S/C20H27ClN4O3/c1-3-19(27)25-5-4-15(13-25)23-6-8-24(9-7-23)20(28)12-22-17-11-16(21)14(2)10-18(17)26/h3,10-11,15,22,26H,1,4-9,12-13H2,2H3. The van der Waals surface area contributed by atoms with Crippen LogP contribution in [0.4, 0.5) is 5.69 Å². The van der Waals surface area contributed by atoms with Crippen molar-refractivity contribution in [2.24, 2.45) is 0 Å². The van der Waals surface area contributed by atoms with E-state index >= 15 is 0 Å². The monoisotopic (exact) mass is 406 g/mol. The minimum absolute atomic E-state index is 0.00867. The normalized spacial score (nSPS) is 20.3. The molecule has 1 aromatic carbocycles. The molecule has 8 heteroatoms. The van der Waals surface area contributed by atoms with Crippen LogP contribution in [0, 0.1) is 6.92 Å². The van der Waals surface area contributed by atoms with Gasteiger partial charge >= 0.3 is 0 Å². The first-order chi connectivity index (χ1) is 13.4. The molecule has 1 aromatic rings. The van der Waals surface area contributed by atoms with E-state index in [0.717, 1.165) is 38.2 Å². The molecule has 2 aliphatic heterocycles. The van der Waals surface area contributed by atoms with Crippen molar-refractivity contribution in [3.8, 4) is 5.75 Å². The number of nitrogens with one attached hydrogen (secondary N) is 1. The molecule has 0 radical (unpaired) electrons. The van der Waals surface area contributed by atoms with Crippen molar-refractivity contribution in [2.75, 3.05) is 51.1 Å². The first kappa shape index (κ1) is 20.5. The number of likely N-dealkylation sites (tertiary alicyclic amines) is 1. The van der Waals surface area contributed by atoms with Gasteiger partial charge < -0.3 is 20.2 Å². The lowest BCUT2D eigenvalue weighted by Crippen LogP contribution is -2.53. The van der Waals surface area contributed by atoms with Crippen LogP contribution in [0.3, 0.4) is 0 Å². The largest absolute Gasteiger partial charge is 0.506 e. The fraction of sp³-hybridized carbons (Fsp3) is 0.500. The van der Waals surface area contributed by atoms with Crippen molar-refractivity contribution in [3.63, 3.8) is 0 Å². The fourth-order valence-corrected chi connectivity index (χ4v) is 3.96. The molecule has 7 nitrogen and oxygen atoms in total. The Bertz CT molecular complexity index is 762. The van der Waals surface area contributed by atoms with Gasteiger partial charge in [-0.2, -0.15) is 0 Å². The first-order valence-electron chi connectivity index (χ1n) is 9.55. The number of benzene rings is 1. The average Bonchev–Trinajstić information content (AvgIpc) is 3.19. The molecule has 1 unspecified atom stereocenters. The summed E-state index contributed by atoms with van der Waals surface area (Å²) in [4.78, 5) is 30.3. The molecule has 2 N–H and O–H groups in total. The topological polar surface area (TPSA) is 76.1 Å². The number of halogens is 1. The molecule has 0 saturated carbocycles. The van der Waals surface area contributed by atoms with E-state index in [0.29, 0.717) is 29.8 Å². The van der Waals surface area contributed by atoms with Crippen LogP contribution in [-0.4, -0.2) is 83.5 Å². The van der Waals surface area contributed by atoms with Gasteiger partial charge in [-0.25, -0.2) is 0 Å². The molecule has 2 fully saturated rings. The second kappa shape index (κ2) is 8.84. The Morgan fingerprint density at radius 2 is 1.96 bits per heavy atom. The minimum atomic E-state index is -0.0122. The van der Waals surface area contributed by atoms with Crippen molar-refractivity contribution >= 4 is 29.1 Å². The van der Waals surface area contributed by atoms with Gasteiger partial charge in [-0.05, 0) is 37.1 Å². The summed E-state index contributed by atoms with van der Waals surface area (Å²) in [5.74, 6) is 0.0619. The van der Waals surface area contributed by atoms with Crippen molar-refractivity contribution in [1.29, 1.82) is 0 Å². The fourth-order valence-electron chi connectivity index (χ4n) is 3.80. The highest BCUT2D eigenvalue weighted by Crippen LogP contribution is 2.29. The van der Waals surface area contributed by atoms with E-state index in [1.165, 1.54) is 6.08 Å². The van der Waals surface area contributed by atoms with E-state index in [2.05, 4.69) is 16.8 Å². The summed E-state index contributed by atoms with van der Waals surface area (Å²) in [5, 5.41) is 13.5. The van der Waals surface area contributed by atoms with Crippen LogP contribution in [0.5, 0.6) is 5.75 Å². The lowest BCUT2D eigenvalue weighted by atomic mass is 10.2. The van der Waals surface area contributed by atoms with E-state index in [1.54, 1.807) is 12.1 Å². The number of aromatic hydroxyl groups is 1. The van der Waals surface area contributed by atoms with E-state index < -0.39 is 0 Å². The Balaban J connectivity index is 1.46. The summed E-state index contributed by atoms with van der Waals surface area (Å²) in [5.41, 5.74) is 1.24. The number of hydrogen-bond donors (Lipinski definition) is 2. The zero-order valence-electron chi connectivity index (χ0n) is 16.2. The summed E-state index contributed by atoms with van der Waals surface area (Å²) in [6.45, 7) is 9.88. The molecule has 2 amide bonds. The number of aryl methyl sites for hydroxylation is 1. The predicted molar refractivity (Wildman–Crippen MR) is 110 cm³/mol. The molecule has 0 bridgehead atoms. The van der Waals surface area contributed by atoms with Crippen LogP contribution in [0.25, 0.3) is 0 Å². The Morgan fingerprint density at radius 3 is 2.64 bits per heavy atom. The Morgan fingerprint density at radius 1 is 1.25 bits per heavy atom. The number of nitrogens with zero attached hydrogens (tertiary/aromatic N) is 3.